The predicted molar refractivity (Wildman–Crippen MR) is 81.8 cm³/mol. The fourth-order valence-electron chi connectivity index (χ4n) is 1.32. The molecule has 1 aromatic carbocycles. The van der Waals surface area contributed by atoms with Crippen LogP contribution in [0.25, 0.3) is 0 Å². The van der Waals surface area contributed by atoms with E-state index >= 15 is 0 Å². The lowest BCUT2D eigenvalue weighted by Crippen LogP contribution is -2.24. The average molecular weight is 319 g/mol. The van der Waals surface area contributed by atoms with E-state index < -0.39 is 15.9 Å². The molecule has 2 atom stereocenters. The zero-order chi connectivity index (χ0) is 16.5. The molecule has 0 saturated carbocycles. The number of sulfone groups is 1. The van der Waals surface area contributed by atoms with E-state index in [1.54, 1.807) is 12.1 Å². The number of hydrogen-bond acceptors (Lipinski definition) is 6. The highest BCUT2D eigenvalue weighted by Crippen LogP contribution is 2.18. The minimum atomic E-state index is -3.19. The second kappa shape index (κ2) is 9.86. The van der Waals surface area contributed by atoms with Gasteiger partial charge in [-0.15, -0.1) is 0 Å². The van der Waals surface area contributed by atoms with Crippen LogP contribution in [0.5, 0.6) is 0 Å². The lowest BCUT2D eigenvalue weighted by atomic mass is 10.1. The Morgan fingerprint density at radius 2 is 1.71 bits per heavy atom. The van der Waals surface area contributed by atoms with Gasteiger partial charge in [0.1, 0.15) is 0 Å². The Kier molecular flexibility index (Phi) is 9.39. The molecule has 122 valence electrons. The first-order chi connectivity index (χ1) is 9.76. The molecule has 0 unspecified atom stereocenters. The maximum Gasteiger partial charge on any atom is 0.175 e. The maximum absolute atomic E-state index is 11.1. The van der Waals surface area contributed by atoms with Crippen molar-refractivity contribution in [2.24, 2.45) is 0 Å². The van der Waals surface area contributed by atoms with E-state index in [1.165, 1.54) is 12.1 Å². The van der Waals surface area contributed by atoms with E-state index in [1.807, 2.05) is 14.0 Å². The van der Waals surface area contributed by atoms with E-state index in [-0.39, 0.29) is 30.6 Å². The third-order valence-corrected chi connectivity index (χ3v) is 3.99. The summed E-state index contributed by atoms with van der Waals surface area (Å²) in [7, 11) is -1.37. The summed E-state index contributed by atoms with van der Waals surface area (Å²) in [6.45, 7) is 2.03. The van der Waals surface area contributed by atoms with Crippen LogP contribution >= 0.6 is 0 Å². The Morgan fingerprint density at radius 1 is 1.19 bits per heavy atom. The van der Waals surface area contributed by atoms with Gasteiger partial charge >= 0.3 is 0 Å². The molecular weight excluding hydrogens is 294 g/mol. The van der Waals surface area contributed by atoms with E-state index in [0.29, 0.717) is 5.56 Å². The molecule has 0 saturated heterocycles. The van der Waals surface area contributed by atoms with Crippen molar-refractivity contribution in [3.05, 3.63) is 29.8 Å². The second-order valence-electron chi connectivity index (χ2n) is 4.74. The van der Waals surface area contributed by atoms with Gasteiger partial charge in [0.05, 0.1) is 17.6 Å². The Bertz CT molecular complexity index is 483. The van der Waals surface area contributed by atoms with Crippen LogP contribution in [-0.4, -0.2) is 56.3 Å². The molecule has 0 spiro atoms. The number of hydrogen-bond donors (Lipinski definition) is 4. The molecule has 0 amide bonds. The zero-order valence-corrected chi connectivity index (χ0v) is 13.5. The molecule has 6 nitrogen and oxygen atoms in total. The molecule has 21 heavy (non-hydrogen) atoms. The van der Waals surface area contributed by atoms with Crippen molar-refractivity contribution in [2.75, 3.05) is 26.5 Å². The quantitative estimate of drug-likeness (QED) is 0.592. The summed E-state index contributed by atoms with van der Waals surface area (Å²) in [5.41, 5.74) is 0.608. The second-order valence-corrected chi connectivity index (χ2v) is 6.76. The summed E-state index contributed by atoms with van der Waals surface area (Å²) in [6, 6.07) is 6.24. The van der Waals surface area contributed by atoms with Crippen LogP contribution in [0.2, 0.25) is 0 Å². The van der Waals surface area contributed by atoms with Crippen LogP contribution in [0.3, 0.4) is 0 Å². The van der Waals surface area contributed by atoms with Gasteiger partial charge in [-0.1, -0.05) is 12.1 Å². The molecule has 0 aliphatic carbocycles. The number of likely N-dealkylation sites (N-methyl/N-ethyl adjacent to an activating group) is 1. The third kappa shape index (κ3) is 8.13. The number of benzene rings is 1. The molecule has 0 fully saturated rings. The Balaban J connectivity index is 0.000000567. The Morgan fingerprint density at radius 3 is 2.00 bits per heavy atom. The molecule has 0 bridgehead atoms. The van der Waals surface area contributed by atoms with Gasteiger partial charge in [-0.2, -0.15) is 0 Å². The summed E-state index contributed by atoms with van der Waals surface area (Å²) in [4.78, 5) is 0.224. The van der Waals surface area contributed by atoms with Crippen LogP contribution in [0.1, 0.15) is 25.0 Å². The lowest BCUT2D eigenvalue weighted by molar-refractivity contribution is 0.134. The number of nitrogens with one attached hydrogen (secondary N) is 1. The minimum absolute atomic E-state index is 0.102. The number of aliphatic hydroxyl groups excluding tert-OH is 3. The van der Waals surface area contributed by atoms with E-state index in [4.69, 9.17) is 10.2 Å². The largest absolute Gasteiger partial charge is 0.396 e. The first-order valence-electron chi connectivity index (χ1n) is 6.63. The molecule has 1 rings (SSSR count). The first-order valence-corrected chi connectivity index (χ1v) is 8.52. The molecular formula is C14H25NO5S. The average Bonchev–Trinajstić information content (AvgIpc) is 2.46. The van der Waals surface area contributed by atoms with E-state index in [9.17, 15) is 13.5 Å². The molecule has 1 aromatic rings. The van der Waals surface area contributed by atoms with Crippen molar-refractivity contribution in [1.29, 1.82) is 0 Å². The van der Waals surface area contributed by atoms with Crippen LogP contribution in [0.4, 0.5) is 0 Å². The molecule has 7 heteroatoms. The minimum Gasteiger partial charge on any atom is -0.396 e. The first kappa shape index (κ1) is 20.0. The van der Waals surface area contributed by atoms with E-state index in [2.05, 4.69) is 5.32 Å². The normalized spacial score (nSPS) is 14.0. The number of rotatable bonds is 6. The monoisotopic (exact) mass is 319 g/mol. The van der Waals surface area contributed by atoms with Gasteiger partial charge in [-0.25, -0.2) is 8.42 Å². The van der Waals surface area contributed by atoms with Gasteiger partial charge < -0.3 is 20.6 Å². The van der Waals surface area contributed by atoms with Crippen molar-refractivity contribution in [3.63, 3.8) is 0 Å². The Hall–Kier alpha value is -0.990. The van der Waals surface area contributed by atoms with Gasteiger partial charge in [0, 0.05) is 25.3 Å². The van der Waals surface area contributed by atoms with Gasteiger partial charge in [-0.3, -0.25) is 0 Å². The fourth-order valence-corrected chi connectivity index (χ4v) is 1.95. The molecule has 0 radical (unpaired) electrons. The Labute approximate surface area is 126 Å². The molecule has 0 aliphatic heterocycles. The van der Waals surface area contributed by atoms with Crippen LogP contribution in [0.15, 0.2) is 29.2 Å². The maximum atomic E-state index is 11.1. The molecule has 0 aliphatic rings. The van der Waals surface area contributed by atoms with Crippen molar-refractivity contribution in [2.45, 2.75) is 30.4 Å². The van der Waals surface area contributed by atoms with Crippen molar-refractivity contribution >= 4 is 9.84 Å². The molecule has 4 N–H and O–H groups in total. The van der Waals surface area contributed by atoms with Crippen molar-refractivity contribution in [1.82, 2.24) is 5.32 Å². The summed E-state index contributed by atoms with van der Waals surface area (Å²) >= 11 is 0. The molecule has 0 heterocycles. The summed E-state index contributed by atoms with van der Waals surface area (Å²) < 4.78 is 22.3. The third-order valence-electron chi connectivity index (χ3n) is 2.86. The SMILES string of the molecule is CN[C@@H](C)CO.CS(=O)(=O)c1ccc([C@H](O)CCO)cc1. The highest BCUT2D eigenvalue weighted by molar-refractivity contribution is 7.90. The zero-order valence-electron chi connectivity index (χ0n) is 12.7. The van der Waals surface area contributed by atoms with Crippen molar-refractivity contribution in [3.8, 4) is 0 Å². The van der Waals surface area contributed by atoms with Gasteiger partial charge in [0.25, 0.3) is 0 Å². The topological polar surface area (TPSA) is 107 Å². The van der Waals surface area contributed by atoms with E-state index in [0.717, 1.165) is 6.26 Å². The fraction of sp³-hybridized carbons (Fsp3) is 0.571. The van der Waals surface area contributed by atoms with Gasteiger partial charge in [0.2, 0.25) is 0 Å². The molecule has 0 aromatic heterocycles. The van der Waals surface area contributed by atoms with Gasteiger partial charge in [-0.05, 0) is 31.7 Å². The van der Waals surface area contributed by atoms with Crippen LogP contribution in [-0.2, 0) is 9.84 Å². The lowest BCUT2D eigenvalue weighted by Gasteiger charge is -2.09. The van der Waals surface area contributed by atoms with Crippen molar-refractivity contribution < 1.29 is 23.7 Å². The van der Waals surface area contributed by atoms with Crippen LogP contribution < -0.4 is 5.32 Å². The van der Waals surface area contributed by atoms with Crippen LogP contribution in [0, 0.1) is 0 Å². The summed E-state index contributed by atoms with van der Waals surface area (Å²) in [5, 5.41) is 29.3. The number of aliphatic hydroxyl groups is 3. The van der Waals surface area contributed by atoms with Gasteiger partial charge in [0.15, 0.2) is 9.84 Å². The highest BCUT2D eigenvalue weighted by atomic mass is 32.2. The predicted octanol–water partition coefficient (Wildman–Crippen LogP) is 0.0925. The smallest absolute Gasteiger partial charge is 0.175 e. The summed E-state index contributed by atoms with van der Waals surface area (Å²) in [6.07, 6.45) is 0.633. The summed E-state index contributed by atoms with van der Waals surface area (Å²) in [5.74, 6) is 0. The highest BCUT2D eigenvalue weighted by Gasteiger charge is 2.09. The standard InChI is InChI=1S/C10H14O4S.C4H11NO/c1-15(13,14)9-4-2-8(3-5-9)10(12)6-7-11;1-4(3-6)5-2/h2-5,10-12H,6-7H2,1H3;4-6H,3H2,1-2H3/t10-;4-/m10/s1.